The lowest BCUT2D eigenvalue weighted by atomic mass is 10.4. The minimum absolute atomic E-state index is 0.516. The summed E-state index contributed by atoms with van der Waals surface area (Å²) in [6, 6.07) is 0. The van der Waals surface area contributed by atoms with Crippen LogP contribution in [0.4, 0.5) is 5.13 Å². The highest BCUT2D eigenvalue weighted by atomic mass is 35.5. The van der Waals surface area contributed by atoms with Gasteiger partial charge in [-0.05, 0) is 12.8 Å². The molecule has 0 aromatic carbocycles. The number of alkyl halides is 1. The van der Waals surface area contributed by atoms with Gasteiger partial charge in [0, 0.05) is 18.5 Å². The molecular formula is C10H17ClN2S. The van der Waals surface area contributed by atoms with Crippen LogP contribution in [0.15, 0.2) is 5.38 Å². The van der Waals surface area contributed by atoms with Crippen molar-refractivity contribution in [1.82, 2.24) is 4.98 Å². The second kappa shape index (κ2) is 6.25. The first kappa shape index (κ1) is 11.8. The summed E-state index contributed by atoms with van der Waals surface area (Å²) in [5, 5.41) is 3.16. The summed E-state index contributed by atoms with van der Waals surface area (Å²) >= 11 is 7.42. The van der Waals surface area contributed by atoms with Crippen LogP contribution >= 0.6 is 22.9 Å². The Labute approximate surface area is 94.9 Å². The average Bonchev–Trinajstić information content (AvgIpc) is 2.65. The third-order valence-corrected chi connectivity index (χ3v) is 3.16. The van der Waals surface area contributed by atoms with E-state index in [0.29, 0.717) is 5.88 Å². The van der Waals surface area contributed by atoms with Crippen molar-refractivity contribution in [3.05, 3.63) is 11.1 Å². The van der Waals surface area contributed by atoms with Gasteiger partial charge >= 0.3 is 0 Å². The fourth-order valence-electron chi connectivity index (χ4n) is 1.35. The van der Waals surface area contributed by atoms with E-state index in [9.17, 15) is 0 Å². The number of thiazole rings is 1. The number of rotatable bonds is 6. The van der Waals surface area contributed by atoms with Gasteiger partial charge in [-0.2, -0.15) is 0 Å². The average molecular weight is 233 g/mol. The monoisotopic (exact) mass is 232 g/mol. The van der Waals surface area contributed by atoms with Crippen LogP contribution in [0.1, 0.15) is 32.4 Å². The Kier molecular flexibility index (Phi) is 5.26. The van der Waals surface area contributed by atoms with Crippen LogP contribution in [0.2, 0.25) is 0 Å². The van der Waals surface area contributed by atoms with Crippen molar-refractivity contribution in [2.75, 3.05) is 18.0 Å². The molecule has 0 spiro atoms. The van der Waals surface area contributed by atoms with Gasteiger partial charge in [0.2, 0.25) is 0 Å². The first-order valence-corrected chi connectivity index (χ1v) is 6.48. The maximum Gasteiger partial charge on any atom is 0.185 e. The van der Waals surface area contributed by atoms with Crippen molar-refractivity contribution in [3.8, 4) is 0 Å². The predicted molar refractivity (Wildman–Crippen MR) is 64.5 cm³/mol. The molecule has 0 aliphatic heterocycles. The molecule has 0 saturated heterocycles. The van der Waals surface area contributed by atoms with E-state index in [1.165, 1.54) is 0 Å². The normalized spacial score (nSPS) is 10.5. The van der Waals surface area contributed by atoms with E-state index in [4.69, 9.17) is 11.6 Å². The van der Waals surface area contributed by atoms with Crippen LogP contribution < -0.4 is 4.90 Å². The van der Waals surface area contributed by atoms with Crippen LogP contribution in [0.3, 0.4) is 0 Å². The fourth-order valence-corrected chi connectivity index (χ4v) is 2.45. The largest absolute Gasteiger partial charge is 0.348 e. The molecule has 0 bridgehead atoms. The summed E-state index contributed by atoms with van der Waals surface area (Å²) in [6.45, 7) is 6.56. The van der Waals surface area contributed by atoms with E-state index in [1.807, 2.05) is 5.38 Å². The molecule has 0 N–H and O–H groups in total. The van der Waals surface area contributed by atoms with Crippen molar-refractivity contribution < 1.29 is 0 Å². The third kappa shape index (κ3) is 3.14. The highest BCUT2D eigenvalue weighted by molar-refractivity contribution is 7.13. The topological polar surface area (TPSA) is 16.1 Å². The van der Waals surface area contributed by atoms with Gasteiger partial charge in [-0.15, -0.1) is 22.9 Å². The van der Waals surface area contributed by atoms with E-state index in [0.717, 1.165) is 36.8 Å². The molecule has 0 unspecified atom stereocenters. The number of halogens is 1. The number of anilines is 1. The Morgan fingerprint density at radius 3 is 2.43 bits per heavy atom. The molecule has 80 valence electrons. The lowest BCUT2D eigenvalue weighted by molar-refractivity contribution is 0.741. The summed E-state index contributed by atoms with van der Waals surface area (Å²) in [5.41, 5.74) is 0.990. The maximum absolute atomic E-state index is 5.72. The summed E-state index contributed by atoms with van der Waals surface area (Å²) in [6.07, 6.45) is 2.32. The molecule has 0 aliphatic rings. The molecular weight excluding hydrogens is 216 g/mol. The van der Waals surface area contributed by atoms with Crippen LogP contribution in [0, 0.1) is 0 Å². The Hall–Kier alpha value is -0.280. The van der Waals surface area contributed by atoms with Gasteiger partial charge in [0.25, 0.3) is 0 Å². The molecule has 0 amide bonds. The molecule has 0 saturated carbocycles. The number of hydrogen-bond acceptors (Lipinski definition) is 3. The Bertz CT molecular complexity index is 256. The Morgan fingerprint density at radius 2 is 2.00 bits per heavy atom. The van der Waals surface area contributed by atoms with Gasteiger partial charge in [0.15, 0.2) is 5.13 Å². The van der Waals surface area contributed by atoms with Gasteiger partial charge < -0.3 is 4.90 Å². The molecule has 1 heterocycles. The number of nitrogens with zero attached hydrogens (tertiary/aromatic N) is 2. The van der Waals surface area contributed by atoms with Gasteiger partial charge in [-0.1, -0.05) is 13.8 Å². The first-order chi connectivity index (χ1) is 6.81. The van der Waals surface area contributed by atoms with Crippen molar-refractivity contribution in [3.63, 3.8) is 0 Å². The lowest BCUT2D eigenvalue weighted by Gasteiger charge is -2.19. The van der Waals surface area contributed by atoms with E-state index in [1.54, 1.807) is 11.3 Å². The molecule has 1 rings (SSSR count). The smallest absolute Gasteiger partial charge is 0.185 e. The van der Waals surface area contributed by atoms with Crippen molar-refractivity contribution in [1.29, 1.82) is 0 Å². The van der Waals surface area contributed by atoms with E-state index in [-0.39, 0.29) is 0 Å². The summed E-state index contributed by atoms with van der Waals surface area (Å²) < 4.78 is 0. The number of hydrogen-bond donors (Lipinski definition) is 0. The van der Waals surface area contributed by atoms with E-state index < -0.39 is 0 Å². The molecule has 14 heavy (non-hydrogen) atoms. The van der Waals surface area contributed by atoms with Crippen LogP contribution in [-0.2, 0) is 5.88 Å². The zero-order valence-corrected chi connectivity index (χ0v) is 10.4. The van der Waals surface area contributed by atoms with Gasteiger partial charge in [-0.25, -0.2) is 4.98 Å². The first-order valence-electron chi connectivity index (χ1n) is 5.07. The SMILES string of the molecule is CCCN(CCC)c1nc(CCl)cs1. The molecule has 1 aromatic heterocycles. The zero-order chi connectivity index (χ0) is 10.4. The lowest BCUT2D eigenvalue weighted by Crippen LogP contribution is -2.24. The van der Waals surface area contributed by atoms with Crippen LogP contribution in [0.5, 0.6) is 0 Å². The molecule has 4 heteroatoms. The zero-order valence-electron chi connectivity index (χ0n) is 8.79. The predicted octanol–water partition coefficient (Wildman–Crippen LogP) is 3.51. The Balaban J connectivity index is 2.65. The standard InChI is InChI=1S/C10H17ClN2S/c1-3-5-13(6-4-2)10-12-9(7-11)8-14-10/h8H,3-7H2,1-2H3. The van der Waals surface area contributed by atoms with Crippen molar-refractivity contribution >= 4 is 28.1 Å². The summed E-state index contributed by atoms with van der Waals surface area (Å²) in [7, 11) is 0. The van der Waals surface area contributed by atoms with Crippen molar-refractivity contribution in [2.24, 2.45) is 0 Å². The van der Waals surface area contributed by atoms with Crippen LogP contribution in [0.25, 0.3) is 0 Å². The maximum atomic E-state index is 5.72. The minimum Gasteiger partial charge on any atom is -0.348 e. The van der Waals surface area contributed by atoms with Crippen molar-refractivity contribution in [2.45, 2.75) is 32.6 Å². The highest BCUT2D eigenvalue weighted by Gasteiger charge is 2.08. The summed E-state index contributed by atoms with van der Waals surface area (Å²) in [4.78, 5) is 6.81. The Morgan fingerprint density at radius 1 is 1.36 bits per heavy atom. The fraction of sp³-hybridized carbons (Fsp3) is 0.700. The minimum atomic E-state index is 0.516. The van der Waals surface area contributed by atoms with Gasteiger partial charge in [0.1, 0.15) is 0 Å². The second-order valence-corrected chi connectivity index (χ2v) is 4.35. The summed E-state index contributed by atoms with van der Waals surface area (Å²) in [5.74, 6) is 0.516. The quantitative estimate of drug-likeness (QED) is 0.698. The molecule has 2 nitrogen and oxygen atoms in total. The second-order valence-electron chi connectivity index (χ2n) is 3.24. The molecule has 0 radical (unpaired) electrons. The number of aromatic nitrogens is 1. The van der Waals surface area contributed by atoms with E-state index in [2.05, 4.69) is 23.7 Å². The van der Waals surface area contributed by atoms with Gasteiger partial charge in [0.05, 0.1) is 11.6 Å². The molecule has 1 aromatic rings. The molecule has 0 fully saturated rings. The highest BCUT2D eigenvalue weighted by Crippen LogP contribution is 2.21. The van der Waals surface area contributed by atoms with E-state index >= 15 is 0 Å². The van der Waals surface area contributed by atoms with Gasteiger partial charge in [-0.3, -0.25) is 0 Å². The van der Waals surface area contributed by atoms with Crippen LogP contribution in [-0.4, -0.2) is 18.1 Å². The third-order valence-electron chi connectivity index (χ3n) is 1.93. The molecule has 0 atom stereocenters. The molecule has 0 aliphatic carbocycles.